The van der Waals surface area contributed by atoms with Gasteiger partial charge in [0.15, 0.2) is 16.3 Å². The third-order valence-electron chi connectivity index (χ3n) is 5.31. The Labute approximate surface area is 200 Å². The Morgan fingerprint density at radius 3 is 2.76 bits per heavy atom. The molecule has 9 heteroatoms. The molecule has 0 aliphatic carbocycles. The third kappa shape index (κ3) is 4.31. The normalized spacial score (nSPS) is 15.6. The van der Waals surface area contributed by atoms with Crippen molar-refractivity contribution in [3.8, 4) is 11.5 Å². The lowest BCUT2D eigenvalue weighted by Gasteiger charge is -2.27. The average molecular weight is 483 g/mol. The van der Waals surface area contributed by atoms with Crippen molar-refractivity contribution >= 4 is 23.4 Å². The summed E-state index contributed by atoms with van der Waals surface area (Å²) >= 11 is 1.23. The van der Waals surface area contributed by atoms with E-state index in [1.165, 1.54) is 15.9 Å². The molecule has 0 radical (unpaired) electrons. The summed E-state index contributed by atoms with van der Waals surface area (Å²) in [6, 6.07) is 8.15. The number of aromatic nitrogens is 1. The molecule has 3 aromatic rings. The van der Waals surface area contributed by atoms with Gasteiger partial charge in [-0.1, -0.05) is 30.4 Å². The van der Waals surface area contributed by atoms with Crippen LogP contribution in [-0.2, 0) is 9.53 Å². The predicted molar refractivity (Wildman–Crippen MR) is 128 cm³/mol. The molecule has 3 heterocycles. The molecule has 1 aliphatic rings. The zero-order valence-corrected chi connectivity index (χ0v) is 20.3. The molecule has 0 spiro atoms. The molecular weight excluding hydrogens is 456 g/mol. The highest BCUT2D eigenvalue weighted by Gasteiger charge is 2.36. The molecule has 0 bridgehead atoms. The van der Waals surface area contributed by atoms with Crippen molar-refractivity contribution in [2.75, 3.05) is 20.3 Å². The van der Waals surface area contributed by atoms with E-state index in [9.17, 15) is 9.59 Å². The van der Waals surface area contributed by atoms with E-state index in [0.29, 0.717) is 44.5 Å². The van der Waals surface area contributed by atoms with E-state index in [-0.39, 0.29) is 17.7 Å². The van der Waals surface area contributed by atoms with E-state index in [1.807, 2.05) is 19.1 Å². The van der Waals surface area contributed by atoms with E-state index >= 15 is 0 Å². The lowest BCUT2D eigenvalue weighted by Crippen LogP contribution is -2.40. The smallest absolute Gasteiger partial charge is 0.338 e. The first-order valence-corrected chi connectivity index (χ1v) is 11.8. The third-order valence-corrected chi connectivity index (χ3v) is 6.29. The number of hydrogen-bond acceptors (Lipinski definition) is 8. The van der Waals surface area contributed by atoms with Gasteiger partial charge in [0.2, 0.25) is 0 Å². The number of ether oxygens (including phenoxy) is 3. The zero-order chi connectivity index (χ0) is 24.2. The molecule has 8 nitrogen and oxygen atoms in total. The fourth-order valence-corrected chi connectivity index (χ4v) is 4.88. The summed E-state index contributed by atoms with van der Waals surface area (Å²) in [4.78, 5) is 31.8. The maximum absolute atomic E-state index is 13.6. The minimum Gasteiger partial charge on any atom is -0.493 e. The Hall–Kier alpha value is -3.59. The van der Waals surface area contributed by atoms with Gasteiger partial charge in [0, 0.05) is 11.6 Å². The standard InChI is InChI=1S/C25H26N2O6S/c1-5-12-33-22-17(10-7-11-18(22)30-4)21-20(24(29)31-6-2)15(3)26-25-27(21)23(28)19(34-25)14-16-9-8-13-32-16/h7-11,13-14,21H,5-6,12H2,1-4H3/b19-14-. The maximum atomic E-state index is 13.6. The van der Waals surface area contributed by atoms with Gasteiger partial charge in [-0.15, -0.1) is 0 Å². The molecule has 0 fully saturated rings. The molecule has 1 unspecified atom stereocenters. The van der Waals surface area contributed by atoms with Gasteiger partial charge in [0.25, 0.3) is 5.56 Å². The van der Waals surface area contributed by atoms with Gasteiger partial charge in [-0.2, -0.15) is 0 Å². The fourth-order valence-electron chi connectivity index (χ4n) is 3.86. The van der Waals surface area contributed by atoms with Crippen LogP contribution in [-0.4, -0.2) is 30.9 Å². The number of para-hydroxylation sites is 1. The molecule has 1 aromatic carbocycles. The number of esters is 1. The number of furan rings is 1. The summed E-state index contributed by atoms with van der Waals surface area (Å²) in [6.07, 6.45) is 4.00. The molecule has 178 valence electrons. The zero-order valence-electron chi connectivity index (χ0n) is 19.5. The minimum atomic E-state index is -0.795. The van der Waals surface area contributed by atoms with Gasteiger partial charge in [-0.3, -0.25) is 9.36 Å². The number of rotatable bonds is 8. The summed E-state index contributed by atoms with van der Waals surface area (Å²) in [7, 11) is 1.56. The second kappa shape index (κ2) is 10.1. The van der Waals surface area contributed by atoms with Crippen molar-refractivity contribution < 1.29 is 23.4 Å². The first-order chi connectivity index (χ1) is 16.5. The van der Waals surface area contributed by atoms with Crippen molar-refractivity contribution in [1.29, 1.82) is 0 Å². The number of nitrogens with zero attached hydrogens (tertiary/aromatic N) is 2. The van der Waals surface area contributed by atoms with Gasteiger partial charge >= 0.3 is 5.97 Å². The predicted octanol–water partition coefficient (Wildman–Crippen LogP) is 3.19. The number of fused-ring (bicyclic) bond motifs is 1. The molecule has 0 saturated heterocycles. The van der Waals surface area contributed by atoms with Gasteiger partial charge < -0.3 is 18.6 Å². The quantitative estimate of drug-likeness (QED) is 0.458. The van der Waals surface area contributed by atoms with E-state index in [4.69, 9.17) is 18.6 Å². The maximum Gasteiger partial charge on any atom is 0.338 e. The van der Waals surface area contributed by atoms with Crippen LogP contribution in [0.3, 0.4) is 0 Å². The Bertz CT molecular complexity index is 1400. The molecule has 4 rings (SSSR count). The van der Waals surface area contributed by atoms with E-state index < -0.39 is 12.0 Å². The van der Waals surface area contributed by atoms with Crippen LogP contribution in [0.4, 0.5) is 0 Å². The van der Waals surface area contributed by atoms with Gasteiger partial charge in [0.05, 0.1) is 42.4 Å². The van der Waals surface area contributed by atoms with E-state index in [2.05, 4.69) is 4.99 Å². The Morgan fingerprint density at radius 2 is 2.09 bits per heavy atom. The second-order valence-corrected chi connectivity index (χ2v) is 8.55. The van der Waals surface area contributed by atoms with Gasteiger partial charge in [-0.25, -0.2) is 9.79 Å². The topological polar surface area (TPSA) is 92.3 Å². The van der Waals surface area contributed by atoms with Crippen LogP contribution in [0.1, 0.15) is 44.6 Å². The fraction of sp³-hybridized carbons (Fsp3) is 0.320. The number of methoxy groups -OCH3 is 1. The lowest BCUT2D eigenvalue weighted by atomic mass is 9.94. The number of thiazole rings is 1. The number of benzene rings is 1. The van der Waals surface area contributed by atoms with Crippen LogP contribution < -0.4 is 24.4 Å². The summed E-state index contributed by atoms with van der Waals surface area (Å²) in [5.41, 5.74) is 1.10. The van der Waals surface area contributed by atoms with Crippen LogP contribution in [0, 0.1) is 0 Å². The molecule has 2 aromatic heterocycles. The number of allylic oxidation sites excluding steroid dienone is 1. The van der Waals surface area contributed by atoms with Crippen LogP contribution in [0.15, 0.2) is 62.1 Å². The van der Waals surface area contributed by atoms with Crippen molar-refractivity contribution in [1.82, 2.24) is 4.57 Å². The summed E-state index contributed by atoms with van der Waals surface area (Å²) in [5.74, 6) is 1.02. The number of hydrogen-bond donors (Lipinski definition) is 0. The molecule has 0 amide bonds. The monoisotopic (exact) mass is 482 g/mol. The van der Waals surface area contributed by atoms with Gasteiger partial charge in [0.1, 0.15) is 11.8 Å². The highest BCUT2D eigenvalue weighted by molar-refractivity contribution is 7.07. The Kier molecular flexibility index (Phi) is 7.02. The molecule has 0 saturated carbocycles. The SMILES string of the molecule is CCCOc1c(OC)cccc1C1C(C(=O)OCC)=C(C)N=c2s/c(=C\c3ccco3)c(=O)n21. The highest BCUT2D eigenvalue weighted by Crippen LogP contribution is 2.40. The second-order valence-electron chi connectivity index (χ2n) is 7.54. The summed E-state index contributed by atoms with van der Waals surface area (Å²) < 4.78 is 24.3. The Balaban J connectivity index is 2.01. The van der Waals surface area contributed by atoms with E-state index in [1.54, 1.807) is 51.5 Å². The van der Waals surface area contributed by atoms with Crippen LogP contribution in [0.5, 0.6) is 11.5 Å². The van der Waals surface area contributed by atoms with Crippen LogP contribution in [0.2, 0.25) is 0 Å². The lowest BCUT2D eigenvalue weighted by molar-refractivity contribution is -0.139. The van der Waals surface area contributed by atoms with Crippen molar-refractivity contribution in [3.63, 3.8) is 0 Å². The number of carbonyl (C=O) groups excluding carboxylic acids is 1. The average Bonchev–Trinajstić information content (AvgIpc) is 3.44. The molecule has 1 atom stereocenters. The molecular formula is C25H26N2O6S. The first-order valence-electron chi connectivity index (χ1n) is 11.0. The summed E-state index contributed by atoms with van der Waals surface area (Å²) in [5, 5.41) is 0. The molecule has 34 heavy (non-hydrogen) atoms. The van der Waals surface area contributed by atoms with Crippen molar-refractivity contribution in [3.05, 3.63) is 78.9 Å². The van der Waals surface area contributed by atoms with Crippen LogP contribution in [0.25, 0.3) is 6.08 Å². The van der Waals surface area contributed by atoms with Crippen molar-refractivity contribution in [2.24, 2.45) is 4.99 Å². The molecule has 1 aliphatic heterocycles. The largest absolute Gasteiger partial charge is 0.493 e. The van der Waals surface area contributed by atoms with Gasteiger partial charge in [-0.05, 0) is 38.5 Å². The Morgan fingerprint density at radius 1 is 1.26 bits per heavy atom. The van der Waals surface area contributed by atoms with Crippen LogP contribution >= 0.6 is 11.3 Å². The van der Waals surface area contributed by atoms with E-state index in [0.717, 1.165) is 6.42 Å². The summed E-state index contributed by atoms with van der Waals surface area (Å²) in [6.45, 7) is 6.13. The minimum absolute atomic E-state index is 0.197. The molecule has 0 N–H and O–H groups in total. The number of carbonyl (C=O) groups is 1. The van der Waals surface area contributed by atoms with Crippen molar-refractivity contribution in [2.45, 2.75) is 33.2 Å². The highest BCUT2D eigenvalue weighted by atomic mass is 32.1. The first kappa shape index (κ1) is 23.6.